The predicted molar refractivity (Wildman–Crippen MR) is 85.6 cm³/mol. The Kier molecular flexibility index (Phi) is 3.16. The van der Waals surface area contributed by atoms with Crippen LogP contribution in [0.25, 0.3) is 0 Å². The standard InChI is InChI=1S/C18H21NS/c1-19-16(18-11-13-6-4-8-17(13)20-18)10-14-9-12-5-2-3-7-15(12)14/h2-3,5,7,11,14,16,19H,4,6,8-10H2,1H3. The van der Waals surface area contributed by atoms with Gasteiger partial charge in [-0.2, -0.15) is 0 Å². The minimum atomic E-state index is 0.531. The summed E-state index contributed by atoms with van der Waals surface area (Å²) in [6.45, 7) is 0. The van der Waals surface area contributed by atoms with Gasteiger partial charge in [0.25, 0.3) is 0 Å². The number of hydrogen-bond donors (Lipinski definition) is 1. The lowest BCUT2D eigenvalue weighted by Gasteiger charge is -2.32. The van der Waals surface area contributed by atoms with Crippen molar-refractivity contribution in [2.45, 2.75) is 44.1 Å². The normalized spacial score (nSPS) is 21.1. The van der Waals surface area contributed by atoms with E-state index in [4.69, 9.17) is 0 Å². The van der Waals surface area contributed by atoms with Gasteiger partial charge in [-0.1, -0.05) is 24.3 Å². The summed E-state index contributed by atoms with van der Waals surface area (Å²) in [5.41, 5.74) is 4.76. The Morgan fingerprint density at radius 2 is 2.15 bits per heavy atom. The first-order valence-corrected chi connectivity index (χ1v) is 8.53. The summed E-state index contributed by atoms with van der Waals surface area (Å²) in [5, 5.41) is 3.55. The summed E-state index contributed by atoms with van der Waals surface area (Å²) in [5.74, 6) is 0.751. The lowest BCUT2D eigenvalue weighted by Crippen LogP contribution is -2.24. The van der Waals surface area contributed by atoms with Crippen molar-refractivity contribution in [1.82, 2.24) is 5.32 Å². The lowest BCUT2D eigenvalue weighted by molar-refractivity contribution is 0.457. The van der Waals surface area contributed by atoms with E-state index in [1.54, 1.807) is 26.4 Å². The van der Waals surface area contributed by atoms with Crippen LogP contribution in [0.3, 0.4) is 0 Å². The highest BCUT2D eigenvalue weighted by Gasteiger charge is 2.29. The molecule has 1 aromatic heterocycles. The van der Waals surface area contributed by atoms with E-state index in [1.807, 2.05) is 0 Å². The molecule has 0 bridgehead atoms. The average Bonchev–Trinajstić information content (AvgIpc) is 3.01. The molecule has 0 radical (unpaired) electrons. The van der Waals surface area contributed by atoms with Gasteiger partial charge in [-0.15, -0.1) is 11.3 Å². The number of fused-ring (bicyclic) bond motifs is 2. The Labute approximate surface area is 125 Å². The molecule has 1 nitrogen and oxygen atoms in total. The molecule has 1 heterocycles. The molecule has 1 aromatic carbocycles. The number of thiophene rings is 1. The highest BCUT2D eigenvalue weighted by atomic mass is 32.1. The van der Waals surface area contributed by atoms with Gasteiger partial charge in [0.15, 0.2) is 0 Å². The van der Waals surface area contributed by atoms with E-state index < -0.39 is 0 Å². The minimum Gasteiger partial charge on any atom is -0.312 e. The van der Waals surface area contributed by atoms with Crippen LogP contribution in [0.5, 0.6) is 0 Å². The second-order valence-electron chi connectivity index (χ2n) is 6.13. The van der Waals surface area contributed by atoms with E-state index in [-0.39, 0.29) is 0 Å². The molecule has 2 atom stereocenters. The van der Waals surface area contributed by atoms with Crippen LogP contribution in [0.2, 0.25) is 0 Å². The van der Waals surface area contributed by atoms with E-state index in [0.717, 1.165) is 5.92 Å². The minimum absolute atomic E-state index is 0.531. The van der Waals surface area contributed by atoms with Crippen LogP contribution in [-0.2, 0) is 19.3 Å². The summed E-state index contributed by atoms with van der Waals surface area (Å²) < 4.78 is 0. The Hall–Kier alpha value is -1.12. The van der Waals surface area contributed by atoms with Crippen LogP contribution >= 0.6 is 11.3 Å². The van der Waals surface area contributed by atoms with Crippen LogP contribution in [-0.4, -0.2) is 7.05 Å². The first-order chi connectivity index (χ1) is 9.85. The molecule has 20 heavy (non-hydrogen) atoms. The highest BCUT2D eigenvalue weighted by molar-refractivity contribution is 7.12. The van der Waals surface area contributed by atoms with Gasteiger partial charge < -0.3 is 5.32 Å². The molecule has 4 rings (SSSR count). The van der Waals surface area contributed by atoms with E-state index in [9.17, 15) is 0 Å². The van der Waals surface area contributed by atoms with Crippen molar-refractivity contribution in [3.8, 4) is 0 Å². The van der Waals surface area contributed by atoms with E-state index in [0.29, 0.717) is 6.04 Å². The molecule has 0 saturated heterocycles. The van der Waals surface area contributed by atoms with Crippen molar-refractivity contribution in [2.24, 2.45) is 0 Å². The third kappa shape index (κ3) is 2.02. The molecule has 2 aliphatic rings. The maximum Gasteiger partial charge on any atom is 0.0418 e. The van der Waals surface area contributed by atoms with Gasteiger partial charge >= 0.3 is 0 Å². The lowest BCUT2D eigenvalue weighted by atomic mass is 9.74. The molecule has 0 amide bonds. The Bertz CT molecular complexity index is 607. The van der Waals surface area contributed by atoms with Crippen molar-refractivity contribution in [3.63, 3.8) is 0 Å². The van der Waals surface area contributed by atoms with Crippen molar-refractivity contribution < 1.29 is 0 Å². The summed E-state index contributed by atoms with van der Waals surface area (Å²) >= 11 is 2.05. The van der Waals surface area contributed by atoms with Crippen molar-refractivity contribution >= 4 is 11.3 Å². The van der Waals surface area contributed by atoms with Crippen LogP contribution in [0.4, 0.5) is 0 Å². The third-order valence-electron chi connectivity index (χ3n) is 4.94. The average molecular weight is 283 g/mol. The van der Waals surface area contributed by atoms with Crippen molar-refractivity contribution in [3.05, 3.63) is 56.8 Å². The summed E-state index contributed by atoms with van der Waals surface area (Å²) in [6.07, 6.45) is 6.48. The molecule has 1 N–H and O–H groups in total. The summed E-state index contributed by atoms with van der Waals surface area (Å²) in [6, 6.07) is 11.9. The van der Waals surface area contributed by atoms with Crippen LogP contribution < -0.4 is 5.32 Å². The third-order valence-corrected chi connectivity index (χ3v) is 6.29. The van der Waals surface area contributed by atoms with Gasteiger partial charge in [0, 0.05) is 15.8 Å². The fraction of sp³-hybridized carbons (Fsp3) is 0.444. The smallest absolute Gasteiger partial charge is 0.0418 e. The van der Waals surface area contributed by atoms with Gasteiger partial charge in [0.1, 0.15) is 0 Å². The molecule has 0 aliphatic heterocycles. The van der Waals surface area contributed by atoms with Crippen LogP contribution in [0.1, 0.15) is 51.2 Å². The van der Waals surface area contributed by atoms with E-state index >= 15 is 0 Å². The topological polar surface area (TPSA) is 12.0 Å². The second-order valence-corrected chi connectivity index (χ2v) is 7.30. The van der Waals surface area contributed by atoms with Gasteiger partial charge in [-0.3, -0.25) is 0 Å². The molecule has 104 valence electrons. The largest absolute Gasteiger partial charge is 0.312 e. The SMILES string of the molecule is CNC(CC1Cc2ccccc21)c1cc2c(s1)CCC2. The fourth-order valence-electron chi connectivity index (χ4n) is 3.76. The maximum absolute atomic E-state index is 3.55. The summed E-state index contributed by atoms with van der Waals surface area (Å²) in [4.78, 5) is 3.20. The quantitative estimate of drug-likeness (QED) is 0.885. The Balaban J connectivity index is 1.52. The molecule has 2 heteroatoms. The van der Waals surface area contributed by atoms with Crippen LogP contribution in [0.15, 0.2) is 30.3 Å². The van der Waals surface area contributed by atoms with Crippen molar-refractivity contribution in [1.29, 1.82) is 0 Å². The van der Waals surface area contributed by atoms with Gasteiger partial charge in [0.2, 0.25) is 0 Å². The molecule has 0 fully saturated rings. The molecule has 0 spiro atoms. The zero-order valence-electron chi connectivity index (χ0n) is 12.0. The van der Waals surface area contributed by atoms with Gasteiger partial charge in [-0.25, -0.2) is 0 Å². The first kappa shape index (κ1) is 12.6. The van der Waals surface area contributed by atoms with Gasteiger partial charge in [0.05, 0.1) is 0 Å². The maximum atomic E-state index is 3.55. The molecule has 2 aromatic rings. The zero-order chi connectivity index (χ0) is 13.5. The van der Waals surface area contributed by atoms with E-state index in [1.165, 1.54) is 32.1 Å². The van der Waals surface area contributed by atoms with Gasteiger partial charge in [-0.05, 0) is 67.8 Å². The molecule has 2 aliphatic carbocycles. The first-order valence-electron chi connectivity index (χ1n) is 7.71. The molecular weight excluding hydrogens is 262 g/mol. The van der Waals surface area contributed by atoms with Crippen LogP contribution in [0, 0.1) is 0 Å². The predicted octanol–water partition coefficient (Wildman–Crippen LogP) is 4.23. The zero-order valence-corrected chi connectivity index (χ0v) is 12.8. The molecular formula is C18H21NS. The summed E-state index contributed by atoms with van der Waals surface area (Å²) in [7, 11) is 2.11. The molecule has 0 saturated carbocycles. The Morgan fingerprint density at radius 3 is 2.95 bits per heavy atom. The number of rotatable bonds is 4. The molecule has 2 unspecified atom stereocenters. The number of hydrogen-bond acceptors (Lipinski definition) is 2. The monoisotopic (exact) mass is 283 g/mol. The number of benzene rings is 1. The van der Waals surface area contributed by atoms with E-state index in [2.05, 4.69) is 54.0 Å². The number of nitrogens with one attached hydrogen (secondary N) is 1. The highest BCUT2D eigenvalue weighted by Crippen LogP contribution is 2.42. The fourth-order valence-corrected chi connectivity index (χ4v) is 5.14. The van der Waals surface area contributed by atoms with Crippen molar-refractivity contribution in [2.75, 3.05) is 7.05 Å². The number of aryl methyl sites for hydroxylation is 2. The Morgan fingerprint density at radius 1 is 1.25 bits per heavy atom. The second kappa shape index (κ2) is 5.01.